The van der Waals surface area contributed by atoms with Gasteiger partial charge in [-0.15, -0.1) is 0 Å². The molecule has 0 radical (unpaired) electrons. The summed E-state index contributed by atoms with van der Waals surface area (Å²) in [5.74, 6) is 0.257. The van der Waals surface area contributed by atoms with Gasteiger partial charge in [-0.3, -0.25) is 4.79 Å². The number of amides is 1. The number of nitrogens with two attached hydrogens (primary N) is 1. The molecule has 3 heterocycles. The normalized spacial score (nSPS) is 19.9. The summed E-state index contributed by atoms with van der Waals surface area (Å²) in [6.07, 6.45) is 1.93. The highest BCUT2D eigenvalue weighted by atomic mass is 16.3. The van der Waals surface area contributed by atoms with Gasteiger partial charge in [0.1, 0.15) is 5.52 Å². The quantitative estimate of drug-likeness (QED) is 0.846. The fourth-order valence-electron chi connectivity index (χ4n) is 2.48. The maximum absolute atomic E-state index is 12.3. The number of hydrogen-bond acceptors (Lipinski definition) is 4. The summed E-state index contributed by atoms with van der Waals surface area (Å²) in [5.41, 5.74) is 8.18. The highest BCUT2D eigenvalue weighted by molar-refractivity contribution is 5.95. The molecule has 0 bridgehead atoms. The number of hydrogen-bond donors (Lipinski definition) is 1. The van der Waals surface area contributed by atoms with Crippen LogP contribution < -0.4 is 5.73 Å². The van der Waals surface area contributed by atoms with Crippen LogP contribution in [0.2, 0.25) is 0 Å². The summed E-state index contributed by atoms with van der Waals surface area (Å²) in [6, 6.07) is 5.50. The highest BCUT2D eigenvalue weighted by Crippen LogP contribution is 2.20. The predicted molar refractivity (Wildman–Crippen MR) is 71.9 cm³/mol. The van der Waals surface area contributed by atoms with E-state index in [1.807, 2.05) is 19.1 Å². The number of rotatable bonds is 1. The molecule has 5 nitrogen and oxygen atoms in total. The molecule has 1 fully saturated rings. The SMILES string of the molecule is Cc1ccc2oc(C(=O)N3CCCC(N)C3)cc2n1. The number of nitrogens with zero attached hydrogens (tertiary/aromatic N) is 2. The van der Waals surface area contributed by atoms with Crippen LogP contribution in [-0.2, 0) is 0 Å². The van der Waals surface area contributed by atoms with Crippen molar-refractivity contribution in [2.24, 2.45) is 5.73 Å². The van der Waals surface area contributed by atoms with Crippen LogP contribution in [-0.4, -0.2) is 34.9 Å². The number of piperidine rings is 1. The third-order valence-electron chi connectivity index (χ3n) is 3.47. The average Bonchev–Trinajstić information content (AvgIpc) is 2.80. The molecule has 5 heteroatoms. The van der Waals surface area contributed by atoms with Crippen molar-refractivity contribution in [3.63, 3.8) is 0 Å². The van der Waals surface area contributed by atoms with Gasteiger partial charge in [-0.25, -0.2) is 4.98 Å². The lowest BCUT2D eigenvalue weighted by Crippen LogP contribution is -2.45. The molecule has 1 saturated heterocycles. The van der Waals surface area contributed by atoms with Gasteiger partial charge >= 0.3 is 0 Å². The zero-order valence-electron chi connectivity index (χ0n) is 10.9. The molecule has 19 heavy (non-hydrogen) atoms. The summed E-state index contributed by atoms with van der Waals surface area (Å²) < 4.78 is 5.58. The van der Waals surface area contributed by atoms with Gasteiger partial charge < -0.3 is 15.1 Å². The molecular weight excluding hydrogens is 242 g/mol. The maximum Gasteiger partial charge on any atom is 0.289 e. The van der Waals surface area contributed by atoms with Crippen LogP contribution in [0.15, 0.2) is 22.6 Å². The van der Waals surface area contributed by atoms with E-state index >= 15 is 0 Å². The standard InChI is InChI=1S/C14H17N3O2/c1-9-4-5-12-11(16-9)7-13(19-12)14(18)17-6-2-3-10(15)8-17/h4-5,7,10H,2-3,6,8,15H2,1H3. The van der Waals surface area contributed by atoms with Gasteiger partial charge in [0, 0.05) is 30.9 Å². The van der Waals surface area contributed by atoms with E-state index in [2.05, 4.69) is 4.98 Å². The molecule has 0 aliphatic carbocycles. The second-order valence-corrected chi connectivity index (χ2v) is 5.10. The van der Waals surface area contributed by atoms with Gasteiger partial charge in [0.2, 0.25) is 0 Å². The minimum absolute atomic E-state index is 0.0717. The number of likely N-dealkylation sites (tertiary alicyclic amines) is 1. The Bertz CT molecular complexity index is 620. The van der Waals surface area contributed by atoms with E-state index in [-0.39, 0.29) is 11.9 Å². The molecule has 2 N–H and O–H groups in total. The molecule has 2 aromatic rings. The van der Waals surface area contributed by atoms with Crippen molar-refractivity contribution in [3.05, 3.63) is 29.7 Å². The first kappa shape index (κ1) is 12.2. The van der Waals surface area contributed by atoms with E-state index in [0.717, 1.165) is 30.6 Å². The highest BCUT2D eigenvalue weighted by Gasteiger charge is 2.24. The van der Waals surface area contributed by atoms with Gasteiger partial charge in [-0.1, -0.05) is 0 Å². The minimum atomic E-state index is -0.0918. The topological polar surface area (TPSA) is 72.4 Å². The largest absolute Gasteiger partial charge is 0.449 e. The smallest absolute Gasteiger partial charge is 0.289 e. The number of fused-ring (bicyclic) bond motifs is 1. The molecular formula is C14H17N3O2. The van der Waals surface area contributed by atoms with Crippen LogP contribution >= 0.6 is 0 Å². The lowest BCUT2D eigenvalue weighted by Gasteiger charge is -2.29. The monoisotopic (exact) mass is 259 g/mol. The Hall–Kier alpha value is -1.88. The number of aromatic nitrogens is 1. The van der Waals surface area contributed by atoms with Crippen molar-refractivity contribution in [1.82, 2.24) is 9.88 Å². The Morgan fingerprint density at radius 2 is 2.37 bits per heavy atom. The van der Waals surface area contributed by atoms with Crippen LogP contribution in [0.1, 0.15) is 29.1 Å². The van der Waals surface area contributed by atoms with Crippen molar-refractivity contribution in [1.29, 1.82) is 0 Å². The van der Waals surface area contributed by atoms with Gasteiger partial charge in [0.15, 0.2) is 11.3 Å². The molecule has 0 spiro atoms. The molecule has 0 saturated carbocycles. The number of pyridine rings is 1. The van der Waals surface area contributed by atoms with E-state index < -0.39 is 0 Å². The second-order valence-electron chi connectivity index (χ2n) is 5.10. The molecule has 0 aromatic carbocycles. The van der Waals surface area contributed by atoms with Crippen molar-refractivity contribution >= 4 is 17.0 Å². The number of furan rings is 1. The Balaban J connectivity index is 1.88. The van der Waals surface area contributed by atoms with Gasteiger partial charge in [0.25, 0.3) is 5.91 Å². The summed E-state index contributed by atoms with van der Waals surface area (Å²) in [7, 11) is 0. The first-order valence-corrected chi connectivity index (χ1v) is 6.55. The zero-order valence-corrected chi connectivity index (χ0v) is 10.9. The molecule has 1 aliphatic rings. The van der Waals surface area contributed by atoms with Gasteiger partial charge in [0.05, 0.1) is 0 Å². The summed E-state index contributed by atoms with van der Waals surface area (Å²) in [5, 5.41) is 0. The maximum atomic E-state index is 12.3. The van der Waals surface area contributed by atoms with E-state index in [4.69, 9.17) is 10.2 Å². The first-order valence-electron chi connectivity index (χ1n) is 6.55. The van der Waals surface area contributed by atoms with E-state index in [9.17, 15) is 4.79 Å². The number of carbonyl (C=O) groups excluding carboxylic acids is 1. The van der Waals surface area contributed by atoms with E-state index in [1.54, 1.807) is 11.0 Å². The molecule has 1 aliphatic heterocycles. The third-order valence-corrected chi connectivity index (χ3v) is 3.47. The zero-order chi connectivity index (χ0) is 13.4. The van der Waals surface area contributed by atoms with Crippen LogP contribution in [0.5, 0.6) is 0 Å². The Kier molecular flexibility index (Phi) is 2.98. The molecule has 100 valence electrons. The van der Waals surface area contributed by atoms with Crippen LogP contribution in [0, 0.1) is 6.92 Å². The Labute approximate surface area is 111 Å². The summed E-state index contributed by atoms with van der Waals surface area (Å²) in [6.45, 7) is 3.26. The summed E-state index contributed by atoms with van der Waals surface area (Å²) in [4.78, 5) is 18.5. The predicted octanol–water partition coefficient (Wildman–Crippen LogP) is 1.70. The third kappa shape index (κ3) is 2.33. The van der Waals surface area contributed by atoms with Crippen molar-refractivity contribution in [2.45, 2.75) is 25.8 Å². The average molecular weight is 259 g/mol. The van der Waals surface area contributed by atoms with Gasteiger partial charge in [-0.05, 0) is 31.9 Å². The van der Waals surface area contributed by atoms with Crippen molar-refractivity contribution in [3.8, 4) is 0 Å². The molecule has 2 aromatic heterocycles. The van der Waals surface area contributed by atoms with E-state index in [1.165, 1.54) is 0 Å². The van der Waals surface area contributed by atoms with Crippen LogP contribution in [0.4, 0.5) is 0 Å². The lowest BCUT2D eigenvalue weighted by molar-refractivity contribution is 0.0679. The van der Waals surface area contributed by atoms with Crippen LogP contribution in [0.3, 0.4) is 0 Å². The molecule has 1 amide bonds. The van der Waals surface area contributed by atoms with Crippen LogP contribution in [0.25, 0.3) is 11.1 Å². The first-order chi connectivity index (χ1) is 9.13. The van der Waals surface area contributed by atoms with Crippen molar-refractivity contribution in [2.75, 3.05) is 13.1 Å². The lowest BCUT2D eigenvalue weighted by atomic mass is 10.1. The molecule has 3 rings (SSSR count). The van der Waals surface area contributed by atoms with Crippen molar-refractivity contribution < 1.29 is 9.21 Å². The Morgan fingerprint density at radius 1 is 1.53 bits per heavy atom. The fourth-order valence-corrected chi connectivity index (χ4v) is 2.48. The minimum Gasteiger partial charge on any atom is -0.449 e. The van der Waals surface area contributed by atoms with E-state index in [0.29, 0.717) is 17.9 Å². The second kappa shape index (κ2) is 4.66. The number of carbonyl (C=O) groups is 1. The number of aryl methyl sites for hydroxylation is 1. The fraction of sp³-hybridized carbons (Fsp3) is 0.429. The molecule has 1 unspecified atom stereocenters. The summed E-state index contributed by atoms with van der Waals surface area (Å²) >= 11 is 0. The van der Waals surface area contributed by atoms with Gasteiger partial charge in [-0.2, -0.15) is 0 Å². The molecule has 1 atom stereocenters. The Morgan fingerprint density at radius 3 is 3.16 bits per heavy atom.